The summed E-state index contributed by atoms with van der Waals surface area (Å²) in [6, 6.07) is 9.90. The van der Waals surface area contributed by atoms with Crippen LogP contribution in [0.4, 0.5) is 10.6 Å². The van der Waals surface area contributed by atoms with Gasteiger partial charge in [0.05, 0.1) is 17.3 Å². The van der Waals surface area contributed by atoms with Gasteiger partial charge in [-0.3, -0.25) is 4.79 Å². The Morgan fingerprint density at radius 3 is 2.69 bits per heavy atom. The number of amides is 3. The van der Waals surface area contributed by atoms with Crippen LogP contribution in [0.3, 0.4) is 0 Å². The molecule has 1 saturated heterocycles. The normalized spacial score (nSPS) is 18.6. The number of nitrogens with zero attached hydrogens (tertiary/aromatic N) is 3. The van der Waals surface area contributed by atoms with E-state index in [2.05, 4.69) is 10.6 Å². The summed E-state index contributed by atoms with van der Waals surface area (Å²) in [5.41, 5.74) is 3.16. The SMILES string of the molecule is CC(C)NC(=O)N1CCC[C@H](C(=O)Nc2c3c(nn2-c2ccccc2)CCC3)C1. The Hall–Kier alpha value is -2.83. The van der Waals surface area contributed by atoms with Crippen molar-refractivity contribution >= 4 is 17.8 Å². The van der Waals surface area contributed by atoms with Crippen LogP contribution in [0.15, 0.2) is 30.3 Å². The predicted molar refractivity (Wildman–Crippen MR) is 112 cm³/mol. The molecule has 1 atom stereocenters. The van der Waals surface area contributed by atoms with E-state index in [-0.39, 0.29) is 23.9 Å². The minimum Gasteiger partial charge on any atom is -0.336 e. The number of carbonyl (C=O) groups excluding carboxylic acids is 2. The summed E-state index contributed by atoms with van der Waals surface area (Å²) in [6.45, 7) is 5.03. The largest absolute Gasteiger partial charge is 0.336 e. The third-order valence-corrected chi connectivity index (χ3v) is 5.64. The van der Waals surface area contributed by atoms with Crippen LogP contribution in [0.1, 0.15) is 44.4 Å². The molecule has 0 spiro atoms. The lowest BCUT2D eigenvalue weighted by Crippen LogP contribution is -2.49. The molecule has 1 aliphatic heterocycles. The maximum Gasteiger partial charge on any atom is 0.317 e. The Bertz CT molecular complexity index is 890. The fraction of sp³-hybridized carbons (Fsp3) is 0.500. The number of anilines is 1. The molecule has 1 fully saturated rings. The first-order valence-corrected chi connectivity index (χ1v) is 10.6. The molecule has 0 saturated carbocycles. The lowest BCUT2D eigenvalue weighted by atomic mass is 9.97. The first-order chi connectivity index (χ1) is 14.0. The van der Waals surface area contributed by atoms with Gasteiger partial charge in [0, 0.05) is 24.7 Å². The minimum absolute atomic E-state index is 0.0289. The van der Waals surface area contributed by atoms with Crippen LogP contribution in [-0.4, -0.2) is 45.8 Å². The van der Waals surface area contributed by atoms with Gasteiger partial charge < -0.3 is 15.5 Å². The van der Waals surface area contributed by atoms with Crippen molar-refractivity contribution in [1.82, 2.24) is 20.0 Å². The van der Waals surface area contributed by atoms with E-state index in [9.17, 15) is 9.59 Å². The molecule has 3 amide bonds. The molecule has 1 aliphatic carbocycles. The van der Waals surface area contributed by atoms with Gasteiger partial charge in [0.2, 0.25) is 5.91 Å². The standard InChI is InChI=1S/C22H29N5O2/c1-15(2)23-22(29)26-13-7-8-16(14-26)21(28)24-20-18-11-6-12-19(18)25-27(20)17-9-4-3-5-10-17/h3-5,9-10,15-16H,6-8,11-14H2,1-2H3,(H,23,29)(H,24,28)/t16-/m0/s1. The van der Waals surface area contributed by atoms with Gasteiger partial charge in [-0.1, -0.05) is 18.2 Å². The Labute approximate surface area is 171 Å². The van der Waals surface area contributed by atoms with Gasteiger partial charge in [0.1, 0.15) is 5.82 Å². The molecule has 0 unspecified atom stereocenters. The van der Waals surface area contributed by atoms with Gasteiger partial charge >= 0.3 is 6.03 Å². The van der Waals surface area contributed by atoms with Crippen molar-refractivity contribution < 1.29 is 9.59 Å². The summed E-state index contributed by atoms with van der Waals surface area (Å²) in [6.07, 6.45) is 4.58. The van der Waals surface area contributed by atoms with E-state index >= 15 is 0 Å². The van der Waals surface area contributed by atoms with Gasteiger partial charge in [-0.25, -0.2) is 9.48 Å². The molecule has 4 rings (SSSR count). The number of aromatic nitrogens is 2. The second-order valence-corrected chi connectivity index (χ2v) is 8.25. The zero-order valence-electron chi connectivity index (χ0n) is 17.1. The number of hydrogen-bond donors (Lipinski definition) is 2. The van der Waals surface area contributed by atoms with E-state index in [1.807, 2.05) is 48.9 Å². The zero-order valence-corrected chi connectivity index (χ0v) is 17.1. The van der Waals surface area contributed by atoms with Crippen molar-refractivity contribution in [3.8, 4) is 5.69 Å². The lowest BCUT2D eigenvalue weighted by molar-refractivity contribution is -0.121. The molecule has 154 valence electrons. The van der Waals surface area contributed by atoms with Crippen molar-refractivity contribution in [2.24, 2.45) is 5.92 Å². The topological polar surface area (TPSA) is 79.3 Å². The number of aryl methyl sites for hydroxylation is 1. The van der Waals surface area contributed by atoms with Crippen LogP contribution in [0.2, 0.25) is 0 Å². The van der Waals surface area contributed by atoms with Crippen LogP contribution in [0.25, 0.3) is 5.69 Å². The number of hydrogen-bond acceptors (Lipinski definition) is 3. The van der Waals surface area contributed by atoms with Gasteiger partial charge in [-0.05, 0) is 58.1 Å². The zero-order chi connectivity index (χ0) is 20.4. The number of carbonyl (C=O) groups is 2. The van der Waals surface area contributed by atoms with Crippen molar-refractivity contribution in [2.45, 2.75) is 52.0 Å². The van der Waals surface area contributed by atoms with Crippen molar-refractivity contribution in [2.75, 3.05) is 18.4 Å². The average molecular weight is 396 g/mol. The third-order valence-electron chi connectivity index (χ3n) is 5.64. The Morgan fingerprint density at radius 1 is 1.14 bits per heavy atom. The monoisotopic (exact) mass is 395 g/mol. The first kappa shape index (κ1) is 19.5. The summed E-state index contributed by atoms with van der Waals surface area (Å²) in [5, 5.41) is 10.8. The molecular formula is C22H29N5O2. The Kier molecular flexibility index (Phi) is 5.56. The van der Waals surface area contributed by atoms with Crippen LogP contribution in [0, 0.1) is 5.92 Å². The summed E-state index contributed by atoms with van der Waals surface area (Å²) in [7, 11) is 0. The highest BCUT2D eigenvalue weighted by Gasteiger charge is 2.31. The number of benzene rings is 1. The van der Waals surface area contributed by atoms with Crippen LogP contribution in [0.5, 0.6) is 0 Å². The molecular weight excluding hydrogens is 366 g/mol. The van der Waals surface area contributed by atoms with E-state index in [0.29, 0.717) is 13.1 Å². The predicted octanol–water partition coefficient (Wildman–Crippen LogP) is 3.13. The highest BCUT2D eigenvalue weighted by Crippen LogP contribution is 2.31. The maximum atomic E-state index is 13.1. The molecule has 7 heteroatoms. The van der Waals surface area contributed by atoms with Crippen molar-refractivity contribution in [3.63, 3.8) is 0 Å². The average Bonchev–Trinajstić information content (AvgIpc) is 3.31. The van der Waals surface area contributed by atoms with Crippen LogP contribution in [-0.2, 0) is 17.6 Å². The summed E-state index contributed by atoms with van der Waals surface area (Å²) < 4.78 is 1.85. The molecule has 0 radical (unpaired) electrons. The molecule has 2 aliphatic rings. The van der Waals surface area contributed by atoms with Crippen molar-refractivity contribution in [3.05, 3.63) is 41.6 Å². The molecule has 1 aromatic heterocycles. The highest BCUT2D eigenvalue weighted by molar-refractivity contribution is 5.93. The lowest BCUT2D eigenvalue weighted by Gasteiger charge is -2.32. The number of piperidine rings is 1. The first-order valence-electron chi connectivity index (χ1n) is 10.6. The van der Waals surface area contributed by atoms with Gasteiger partial charge in [0.15, 0.2) is 0 Å². The fourth-order valence-corrected chi connectivity index (χ4v) is 4.21. The van der Waals surface area contributed by atoms with E-state index in [0.717, 1.165) is 54.9 Å². The molecule has 2 heterocycles. The van der Waals surface area contributed by atoms with E-state index in [4.69, 9.17) is 5.10 Å². The smallest absolute Gasteiger partial charge is 0.317 e. The second-order valence-electron chi connectivity index (χ2n) is 8.25. The maximum absolute atomic E-state index is 13.1. The fourth-order valence-electron chi connectivity index (χ4n) is 4.21. The highest BCUT2D eigenvalue weighted by atomic mass is 16.2. The molecule has 2 aromatic rings. The van der Waals surface area contributed by atoms with Gasteiger partial charge in [-0.2, -0.15) is 5.10 Å². The van der Waals surface area contributed by atoms with Crippen LogP contribution < -0.4 is 10.6 Å². The summed E-state index contributed by atoms with van der Waals surface area (Å²) >= 11 is 0. The molecule has 2 N–H and O–H groups in total. The molecule has 0 bridgehead atoms. The number of para-hydroxylation sites is 1. The van der Waals surface area contributed by atoms with E-state index < -0.39 is 0 Å². The third kappa shape index (κ3) is 4.13. The number of rotatable bonds is 4. The minimum atomic E-state index is -0.210. The molecule has 29 heavy (non-hydrogen) atoms. The Balaban J connectivity index is 1.52. The van der Waals surface area contributed by atoms with E-state index in [1.165, 1.54) is 0 Å². The number of likely N-dealkylation sites (tertiary alicyclic amines) is 1. The number of urea groups is 1. The molecule has 1 aromatic carbocycles. The summed E-state index contributed by atoms with van der Waals surface area (Å²) in [4.78, 5) is 27.2. The number of nitrogens with one attached hydrogen (secondary N) is 2. The quantitative estimate of drug-likeness (QED) is 0.835. The number of fused-ring (bicyclic) bond motifs is 1. The molecule has 7 nitrogen and oxygen atoms in total. The summed E-state index contributed by atoms with van der Waals surface area (Å²) in [5.74, 6) is 0.550. The van der Waals surface area contributed by atoms with Gasteiger partial charge in [0.25, 0.3) is 0 Å². The second kappa shape index (κ2) is 8.27. The van der Waals surface area contributed by atoms with Crippen LogP contribution >= 0.6 is 0 Å². The van der Waals surface area contributed by atoms with Gasteiger partial charge in [-0.15, -0.1) is 0 Å². The Morgan fingerprint density at radius 2 is 1.93 bits per heavy atom. The van der Waals surface area contributed by atoms with E-state index in [1.54, 1.807) is 4.90 Å². The van der Waals surface area contributed by atoms with Crippen molar-refractivity contribution in [1.29, 1.82) is 0 Å².